The number of likely N-dealkylation sites (tertiary alicyclic amines) is 1. The minimum absolute atomic E-state index is 0.0406. The number of aryl methyl sites for hydroxylation is 1. The second kappa shape index (κ2) is 15.9. The molecule has 1 saturated carbocycles. The SMILES string of the molecule is CCS(=O)(=O)NC(=O)c1csc2c(-c3cc(Cl)ccc3C#CCn3c(C)nc4cnc(N(C)C5CCN(C6CC(C(F)F)C6)CC5)c(C#N)c4c3=O)ccnc12. The lowest BCUT2D eigenvalue weighted by Crippen LogP contribution is -2.52. The van der Waals surface area contributed by atoms with Crippen molar-refractivity contribution in [2.75, 3.05) is 30.8 Å². The number of rotatable bonds is 9. The number of nitrogens with zero attached hydrogens (tertiary/aromatic N) is 7. The lowest BCUT2D eigenvalue weighted by molar-refractivity contribution is -0.0286. The highest BCUT2D eigenvalue weighted by molar-refractivity contribution is 7.90. The van der Waals surface area contributed by atoms with Crippen molar-refractivity contribution in [3.63, 3.8) is 0 Å². The Hall–Kier alpha value is -5.00. The minimum Gasteiger partial charge on any atom is -0.355 e. The predicted molar refractivity (Wildman–Crippen MR) is 213 cm³/mol. The first-order valence-corrected chi connectivity index (χ1v) is 21.0. The second-order valence-corrected chi connectivity index (χ2v) is 17.3. The van der Waals surface area contributed by atoms with E-state index in [1.165, 1.54) is 35.2 Å². The van der Waals surface area contributed by atoms with E-state index in [-0.39, 0.29) is 40.9 Å². The maximum atomic E-state index is 14.1. The fourth-order valence-electron chi connectivity index (χ4n) is 7.45. The highest BCUT2D eigenvalue weighted by Gasteiger charge is 2.40. The van der Waals surface area contributed by atoms with Crippen molar-refractivity contribution >= 4 is 65.8 Å². The molecule has 0 bridgehead atoms. The summed E-state index contributed by atoms with van der Waals surface area (Å²) >= 11 is 7.67. The first kappa shape index (κ1) is 39.2. The van der Waals surface area contributed by atoms with Crippen molar-refractivity contribution in [2.45, 2.75) is 64.6 Å². The summed E-state index contributed by atoms with van der Waals surface area (Å²) in [4.78, 5) is 44.7. The van der Waals surface area contributed by atoms with E-state index in [9.17, 15) is 32.0 Å². The summed E-state index contributed by atoms with van der Waals surface area (Å²) in [5.74, 6) is 5.48. The summed E-state index contributed by atoms with van der Waals surface area (Å²) in [6.07, 6.45) is 3.35. The number of carbonyl (C=O) groups is 1. The number of hydrogen-bond donors (Lipinski definition) is 1. The molecule has 4 aromatic heterocycles. The van der Waals surface area contributed by atoms with Gasteiger partial charge in [0.1, 0.15) is 23.3 Å². The fourth-order valence-corrected chi connectivity index (χ4v) is 9.19. The standard InChI is InChI=1S/C39H37ClF2N8O4S2/c1-4-56(53,54)47-38(51)31-21-55-35-28(9-12-44-34(31)35)29-18-25(40)8-7-23(29)6-5-13-50-22(2)46-32-20-45-37(30(19-43)33(32)39(50)52)48(3)26-10-14-49(15-11-26)27-16-24(17-27)36(41)42/h7-9,12,18,20-21,24,26-27,36H,4,10-11,13-17H2,1-3H3,(H,47,51). The zero-order valence-corrected chi connectivity index (χ0v) is 33.1. The molecule has 0 unspecified atom stereocenters. The van der Waals surface area contributed by atoms with Gasteiger partial charge in [0, 0.05) is 71.4 Å². The van der Waals surface area contributed by atoms with Gasteiger partial charge in [0.15, 0.2) is 0 Å². The molecule has 7 rings (SSSR count). The Morgan fingerprint density at radius 2 is 1.93 bits per heavy atom. The zero-order valence-electron chi connectivity index (χ0n) is 30.7. The summed E-state index contributed by atoms with van der Waals surface area (Å²) in [5.41, 5.74) is 2.37. The largest absolute Gasteiger partial charge is 0.355 e. The molecule has 12 nitrogen and oxygen atoms in total. The zero-order chi connectivity index (χ0) is 39.9. The molecule has 2 fully saturated rings. The van der Waals surface area contributed by atoms with Crippen molar-refractivity contribution in [3.05, 3.63) is 79.9 Å². The van der Waals surface area contributed by atoms with Gasteiger partial charge in [0.2, 0.25) is 16.4 Å². The summed E-state index contributed by atoms with van der Waals surface area (Å²) in [6, 6.07) is 9.38. The Bertz CT molecular complexity index is 2640. The van der Waals surface area contributed by atoms with Crippen LogP contribution >= 0.6 is 22.9 Å². The fraction of sp³-hybridized carbons (Fsp3) is 0.385. The number of sulfonamides is 1. The van der Waals surface area contributed by atoms with Crippen molar-refractivity contribution in [1.29, 1.82) is 5.26 Å². The molecule has 0 radical (unpaired) electrons. The predicted octanol–water partition coefficient (Wildman–Crippen LogP) is 5.98. The van der Waals surface area contributed by atoms with Gasteiger partial charge in [-0.1, -0.05) is 23.4 Å². The Balaban J connectivity index is 1.15. The van der Waals surface area contributed by atoms with Gasteiger partial charge in [-0.05, 0) is 63.8 Å². The first-order chi connectivity index (χ1) is 26.8. The number of benzene rings is 1. The lowest BCUT2D eigenvalue weighted by Gasteiger charge is -2.46. The maximum Gasteiger partial charge on any atom is 0.267 e. The van der Waals surface area contributed by atoms with Gasteiger partial charge in [0.25, 0.3) is 11.5 Å². The van der Waals surface area contributed by atoms with Crippen LogP contribution in [-0.4, -0.2) is 83.1 Å². The van der Waals surface area contributed by atoms with Crippen LogP contribution in [0.1, 0.15) is 59.9 Å². The highest BCUT2D eigenvalue weighted by atomic mass is 35.5. The quantitative estimate of drug-likeness (QED) is 0.176. The van der Waals surface area contributed by atoms with Crippen LogP contribution in [0.2, 0.25) is 5.02 Å². The molecule has 0 spiro atoms. The van der Waals surface area contributed by atoms with E-state index in [4.69, 9.17) is 11.6 Å². The molecule has 0 atom stereocenters. The molecule has 5 heterocycles. The van der Waals surface area contributed by atoms with Gasteiger partial charge in [0.05, 0.1) is 45.2 Å². The molecule has 1 aromatic carbocycles. The number of anilines is 1. The number of aromatic nitrogens is 4. The average molecular weight is 819 g/mol. The Kier molecular flexibility index (Phi) is 11.1. The molecule has 1 saturated heterocycles. The normalized spacial score (nSPS) is 17.7. The van der Waals surface area contributed by atoms with Crippen LogP contribution in [0.15, 0.2) is 46.8 Å². The van der Waals surface area contributed by atoms with E-state index in [1.54, 1.807) is 36.6 Å². The number of nitrogens with one attached hydrogen (secondary N) is 1. The number of hydrogen-bond acceptors (Lipinski definition) is 11. The molecule has 17 heteroatoms. The molecular weight excluding hydrogens is 782 g/mol. The Labute approximate surface area is 331 Å². The van der Waals surface area contributed by atoms with Gasteiger partial charge >= 0.3 is 0 Å². The highest BCUT2D eigenvalue weighted by Crippen LogP contribution is 2.39. The monoisotopic (exact) mass is 818 g/mol. The Morgan fingerprint density at radius 1 is 1.18 bits per heavy atom. The van der Waals surface area contributed by atoms with Gasteiger partial charge in [-0.3, -0.25) is 19.1 Å². The third kappa shape index (κ3) is 7.59. The number of amides is 1. The molecule has 56 heavy (non-hydrogen) atoms. The minimum atomic E-state index is -3.79. The topological polar surface area (TPSA) is 154 Å². The van der Waals surface area contributed by atoms with Crippen molar-refractivity contribution in [1.82, 2.24) is 29.1 Å². The van der Waals surface area contributed by atoms with Crippen LogP contribution in [0, 0.1) is 36.0 Å². The van der Waals surface area contributed by atoms with Gasteiger partial charge in [-0.15, -0.1) is 11.3 Å². The van der Waals surface area contributed by atoms with Crippen LogP contribution in [0.4, 0.5) is 14.6 Å². The third-order valence-electron chi connectivity index (χ3n) is 10.7. The van der Waals surface area contributed by atoms with E-state index >= 15 is 0 Å². The van der Waals surface area contributed by atoms with Crippen molar-refractivity contribution in [3.8, 4) is 29.0 Å². The number of thiophene rings is 1. The van der Waals surface area contributed by atoms with E-state index in [1.807, 2.05) is 11.9 Å². The van der Waals surface area contributed by atoms with Crippen molar-refractivity contribution in [2.24, 2.45) is 5.92 Å². The molecule has 1 aliphatic carbocycles. The molecule has 5 aromatic rings. The second-order valence-electron chi connectivity index (χ2n) is 14.0. The van der Waals surface area contributed by atoms with Crippen LogP contribution in [-0.2, 0) is 16.6 Å². The third-order valence-corrected chi connectivity index (χ3v) is 13.2. The molecule has 1 aliphatic heterocycles. The van der Waals surface area contributed by atoms with Gasteiger partial charge in [-0.2, -0.15) is 5.26 Å². The summed E-state index contributed by atoms with van der Waals surface area (Å²) < 4.78 is 54.3. The van der Waals surface area contributed by atoms with Crippen molar-refractivity contribution < 1.29 is 22.0 Å². The van der Waals surface area contributed by atoms with Crippen LogP contribution in [0.3, 0.4) is 0 Å². The van der Waals surface area contributed by atoms with Gasteiger partial charge in [-0.25, -0.2) is 31.9 Å². The maximum absolute atomic E-state index is 14.1. The lowest BCUT2D eigenvalue weighted by atomic mass is 9.78. The number of carbonyl (C=O) groups excluding carboxylic acids is 1. The molecule has 1 N–H and O–H groups in total. The van der Waals surface area contributed by atoms with E-state index in [0.29, 0.717) is 61.9 Å². The average Bonchev–Trinajstić information content (AvgIpc) is 3.60. The number of piperidine rings is 1. The number of halogens is 3. The molecule has 2 aliphatic rings. The first-order valence-electron chi connectivity index (χ1n) is 18.0. The van der Waals surface area contributed by atoms with E-state index in [2.05, 4.69) is 42.5 Å². The molecular formula is C39H37ClF2N8O4S2. The van der Waals surface area contributed by atoms with Crippen LogP contribution in [0.25, 0.3) is 32.2 Å². The van der Waals surface area contributed by atoms with E-state index < -0.39 is 33.8 Å². The number of pyridine rings is 2. The number of fused-ring (bicyclic) bond motifs is 2. The summed E-state index contributed by atoms with van der Waals surface area (Å²) in [6.45, 7) is 4.60. The summed E-state index contributed by atoms with van der Waals surface area (Å²) in [5, 5.41) is 12.5. The molecule has 1 amide bonds. The van der Waals surface area contributed by atoms with Crippen LogP contribution in [0.5, 0.6) is 0 Å². The summed E-state index contributed by atoms with van der Waals surface area (Å²) in [7, 11) is -1.93. The number of nitriles is 1. The van der Waals surface area contributed by atoms with E-state index in [0.717, 1.165) is 25.9 Å². The smallest absolute Gasteiger partial charge is 0.267 e. The van der Waals surface area contributed by atoms with Crippen LogP contribution < -0.4 is 15.2 Å². The van der Waals surface area contributed by atoms with Gasteiger partial charge < -0.3 is 9.80 Å². The molecule has 290 valence electrons. The number of alkyl halides is 2. The Morgan fingerprint density at radius 3 is 2.62 bits per heavy atom.